The van der Waals surface area contributed by atoms with Crippen LogP contribution in [-0.2, 0) is 11.8 Å². The van der Waals surface area contributed by atoms with E-state index in [9.17, 15) is 5.11 Å². The lowest BCUT2D eigenvalue weighted by molar-refractivity contribution is 0.0483. The SMILES string of the molecule is CCC1C2Cc3ccc(O)cc3C1(c1ccccc1)CCN2C. The first-order valence-corrected chi connectivity index (χ1v) is 8.75. The van der Waals surface area contributed by atoms with Gasteiger partial charge in [-0.2, -0.15) is 0 Å². The highest BCUT2D eigenvalue weighted by molar-refractivity contribution is 5.51. The Kier molecular flexibility index (Phi) is 3.46. The van der Waals surface area contributed by atoms with Crippen LogP contribution >= 0.6 is 0 Å². The molecule has 4 rings (SSSR count). The zero-order valence-electron chi connectivity index (χ0n) is 14.0. The molecule has 1 fully saturated rings. The Bertz CT molecular complexity index is 711. The number of aromatic hydroxyl groups is 1. The Morgan fingerprint density at radius 3 is 2.70 bits per heavy atom. The van der Waals surface area contributed by atoms with E-state index < -0.39 is 0 Å². The lowest BCUT2D eigenvalue weighted by Gasteiger charge is -2.56. The normalized spacial score (nSPS) is 30.0. The van der Waals surface area contributed by atoms with E-state index in [0.717, 1.165) is 19.4 Å². The lowest BCUT2D eigenvalue weighted by atomic mass is 9.54. The number of rotatable bonds is 2. The molecule has 1 aliphatic heterocycles. The topological polar surface area (TPSA) is 23.5 Å². The maximum Gasteiger partial charge on any atom is 0.115 e. The zero-order valence-corrected chi connectivity index (χ0v) is 14.0. The van der Waals surface area contributed by atoms with Gasteiger partial charge in [-0.05, 0) is 61.2 Å². The number of phenols is 1. The summed E-state index contributed by atoms with van der Waals surface area (Å²) in [6.45, 7) is 3.44. The first-order chi connectivity index (χ1) is 11.2. The minimum Gasteiger partial charge on any atom is -0.508 e. The van der Waals surface area contributed by atoms with Gasteiger partial charge in [0.25, 0.3) is 0 Å². The quantitative estimate of drug-likeness (QED) is 0.907. The smallest absolute Gasteiger partial charge is 0.115 e. The molecule has 2 aromatic rings. The fraction of sp³-hybridized carbons (Fsp3) is 0.429. The molecule has 3 unspecified atom stereocenters. The highest BCUT2D eigenvalue weighted by atomic mass is 16.3. The summed E-state index contributed by atoms with van der Waals surface area (Å²) in [5.41, 5.74) is 4.23. The van der Waals surface area contributed by atoms with Gasteiger partial charge in [-0.15, -0.1) is 0 Å². The van der Waals surface area contributed by atoms with E-state index >= 15 is 0 Å². The molecule has 2 heteroatoms. The lowest BCUT2D eigenvalue weighted by Crippen LogP contribution is -2.59. The predicted molar refractivity (Wildman–Crippen MR) is 93.8 cm³/mol. The fourth-order valence-electron chi connectivity index (χ4n) is 5.23. The number of nitrogens with zero attached hydrogens (tertiary/aromatic N) is 1. The van der Waals surface area contributed by atoms with Crippen molar-refractivity contribution in [3.05, 3.63) is 65.2 Å². The number of piperidine rings is 1. The molecule has 0 amide bonds. The van der Waals surface area contributed by atoms with Crippen molar-refractivity contribution in [1.29, 1.82) is 0 Å². The molecule has 1 saturated heterocycles. The van der Waals surface area contributed by atoms with Gasteiger partial charge in [0, 0.05) is 11.5 Å². The van der Waals surface area contributed by atoms with Crippen LogP contribution in [0, 0.1) is 5.92 Å². The van der Waals surface area contributed by atoms with Crippen molar-refractivity contribution < 1.29 is 5.11 Å². The minimum atomic E-state index is 0.0412. The van der Waals surface area contributed by atoms with Gasteiger partial charge in [-0.1, -0.05) is 49.7 Å². The summed E-state index contributed by atoms with van der Waals surface area (Å²) in [6.07, 6.45) is 3.39. The minimum absolute atomic E-state index is 0.0412. The van der Waals surface area contributed by atoms with Crippen molar-refractivity contribution in [2.24, 2.45) is 5.92 Å². The van der Waals surface area contributed by atoms with E-state index in [1.807, 2.05) is 12.1 Å². The van der Waals surface area contributed by atoms with Crippen molar-refractivity contribution in [1.82, 2.24) is 4.90 Å². The van der Waals surface area contributed by atoms with Gasteiger partial charge >= 0.3 is 0 Å². The number of fused-ring (bicyclic) bond motifs is 4. The molecule has 2 nitrogen and oxygen atoms in total. The number of likely N-dealkylation sites (tertiary alicyclic amines) is 1. The molecule has 3 atom stereocenters. The van der Waals surface area contributed by atoms with Gasteiger partial charge in [-0.3, -0.25) is 0 Å². The van der Waals surface area contributed by atoms with Gasteiger partial charge < -0.3 is 10.0 Å². The van der Waals surface area contributed by atoms with Gasteiger partial charge in [-0.25, -0.2) is 0 Å². The van der Waals surface area contributed by atoms with Gasteiger partial charge in [0.2, 0.25) is 0 Å². The van der Waals surface area contributed by atoms with Crippen LogP contribution in [-0.4, -0.2) is 29.6 Å². The second-order valence-corrected chi connectivity index (χ2v) is 7.20. The maximum atomic E-state index is 10.1. The summed E-state index contributed by atoms with van der Waals surface area (Å²) in [5, 5.41) is 10.1. The number of benzene rings is 2. The third-order valence-electron chi connectivity index (χ3n) is 6.25. The summed E-state index contributed by atoms with van der Waals surface area (Å²) >= 11 is 0. The Labute approximate surface area is 138 Å². The number of hydrogen-bond acceptors (Lipinski definition) is 2. The zero-order chi connectivity index (χ0) is 16.0. The van der Waals surface area contributed by atoms with Crippen molar-refractivity contribution >= 4 is 0 Å². The molecule has 0 saturated carbocycles. The van der Waals surface area contributed by atoms with E-state index in [1.165, 1.54) is 23.1 Å². The fourth-order valence-corrected chi connectivity index (χ4v) is 5.23. The van der Waals surface area contributed by atoms with Crippen molar-refractivity contribution in [2.45, 2.75) is 37.6 Å². The maximum absolute atomic E-state index is 10.1. The average Bonchev–Trinajstić information content (AvgIpc) is 2.59. The van der Waals surface area contributed by atoms with E-state index in [4.69, 9.17) is 0 Å². The molecule has 0 radical (unpaired) electrons. The monoisotopic (exact) mass is 307 g/mol. The van der Waals surface area contributed by atoms with E-state index in [1.54, 1.807) is 0 Å². The molecule has 2 aliphatic rings. The summed E-state index contributed by atoms with van der Waals surface area (Å²) in [6, 6.07) is 17.6. The number of phenolic OH excluding ortho intramolecular Hbond substituents is 1. The Morgan fingerprint density at radius 2 is 1.96 bits per heavy atom. The largest absolute Gasteiger partial charge is 0.508 e. The molecule has 2 bridgehead atoms. The van der Waals surface area contributed by atoms with Crippen LogP contribution in [0.15, 0.2) is 48.5 Å². The van der Waals surface area contributed by atoms with Crippen LogP contribution in [0.5, 0.6) is 5.75 Å². The number of likely N-dealkylation sites (N-methyl/N-ethyl adjacent to an activating group) is 1. The van der Waals surface area contributed by atoms with E-state index in [2.05, 4.69) is 55.3 Å². The van der Waals surface area contributed by atoms with Gasteiger partial charge in [0.1, 0.15) is 5.75 Å². The van der Waals surface area contributed by atoms with Crippen LogP contribution in [0.2, 0.25) is 0 Å². The van der Waals surface area contributed by atoms with Crippen LogP contribution in [0.1, 0.15) is 36.5 Å². The Balaban J connectivity index is 2.00. The Hall–Kier alpha value is -1.80. The van der Waals surface area contributed by atoms with Crippen LogP contribution in [0.25, 0.3) is 0 Å². The molecule has 0 aromatic heterocycles. The summed E-state index contributed by atoms with van der Waals surface area (Å²) in [5.74, 6) is 0.990. The first kappa shape index (κ1) is 14.8. The molecule has 1 N–H and O–H groups in total. The van der Waals surface area contributed by atoms with Crippen LogP contribution < -0.4 is 0 Å². The van der Waals surface area contributed by atoms with Gasteiger partial charge in [0.15, 0.2) is 0 Å². The van der Waals surface area contributed by atoms with Crippen LogP contribution in [0.4, 0.5) is 0 Å². The Morgan fingerprint density at radius 1 is 1.17 bits per heavy atom. The molecule has 23 heavy (non-hydrogen) atoms. The third-order valence-corrected chi connectivity index (χ3v) is 6.25. The molecule has 1 heterocycles. The summed E-state index contributed by atoms with van der Waals surface area (Å²) in [7, 11) is 2.27. The molecule has 120 valence electrons. The van der Waals surface area contributed by atoms with E-state index in [0.29, 0.717) is 17.7 Å². The van der Waals surface area contributed by atoms with Crippen molar-refractivity contribution in [2.75, 3.05) is 13.6 Å². The molecular formula is C21H25NO. The summed E-state index contributed by atoms with van der Waals surface area (Å²) < 4.78 is 0. The average molecular weight is 307 g/mol. The highest BCUT2D eigenvalue weighted by Gasteiger charge is 2.52. The predicted octanol–water partition coefficient (Wildman–Crippen LogP) is 3.96. The molecule has 2 aromatic carbocycles. The molecular weight excluding hydrogens is 282 g/mol. The van der Waals surface area contributed by atoms with Crippen molar-refractivity contribution in [3.8, 4) is 5.75 Å². The molecule has 1 aliphatic carbocycles. The van der Waals surface area contributed by atoms with Crippen LogP contribution in [0.3, 0.4) is 0 Å². The van der Waals surface area contributed by atoms with Gasteiger partial charge in [0.05, 0.1) is 0 Å². The van der Waals surface area contributed by atoms with E-state index in [-0.39, 0.29) is 5.41 Å². The number of hydrogen-bond donors (Lipinski definition) is 1. The summed E-state index contributed by atoms with van der Waals surface area (Å²) in [4.78, 5) is 2.55. The second-order valence-electron chi connectivity index (χ2n) is 7.20. The highest BCUT2D eigenvalue weighted by Crippen LogP contribution is 2.54. The standard InChI is InChI=1S/C21H25NO/c1-3-18-20-13-15-9-10-17(23)14-19(15)21(18,11-12-22(20)2)16-7-5-4-6-8-16/h4-10,14,18,20,23H,3,11-13H2,1-2H3. The second kappa shape index (κ2) is 5.38. The third kappa shape index (κ3) is 2.05. The molecule has 0 spiro atoms. The first-order valence-electron chi connectivity index (χ1n) is 8.75. The van der Waals surface area contributed by atoms with Crippen molar-refractivity contribution in [3.63, 3.8) is 0 Å².